The Labute approximate surface area is 88.1 Å². The molecule has 1 atom stereocenters. The standard InChI is InChI=1S/C9H12O5S/c1-6-5-7(3-4-8(6)14-2)9(10)15(11,12)13/h3-5,9-10H,1-2H3,(H,11,12,13). The normalized spacial score (nSPS) is 13.6. The molecule has 1 aromatic carbocycles. The summed E-state index contributed by atoms with van der Waals surface area (Å²) in [5, 5.41) is 9.27. The van der Waals surface area contributed by atoms with Gasteiger partial charge in [-0.3, -0.25) is 4.55 Å². The molecule has 6 heteroatoms. The van der Waals surface area contributed by atoms with Gasteiger partial charge in [0.25, 0.3) is 10.1 Å². The number of ether oxygens (including phenoxy) is 1. The van der Waals surface area contributed by atoms with Gasteiger partial charge in [-0.15, -0.1) is 0 Å². The Bertz CT molecular complexity index is 452. The average Bonchev–Trinajstić information content (AvgIpc) is 2.15. The molecule has 1 rings (SSSR count). The van der Waals surface area contributed by atoms with E-state index in [1.165, 1.54) is 25.3 Å². The highest BCUT2D eigenvalue weighted by atomic mass is 32.2. The fourth-order valence-electron chi connectivity index (χ4n) is 1.23. The maximum atomic E-state index is 10.7. The van der Waals surface area contributed by atoms with Crippen molar-refractivity contribution in [3.05, 3.63) is 29.3 Å². The molecule has 5 nitrogen and oxygen atoms in total. The van der Waals surface area contributed by atoms with E-state index >= 15 is 0 Å². The molecule has 0 heterocycles. The Balaban J connectivity index is 3.13. The van der Waals surface area contributed by atoms with Crippen LogP contribution in [0.25, 0.3) is 0 Å². The summed E-state index contributed by atoms with van der Waals surface area (Å²) < 4.78 is 35.0. The van der Waals surface area contributed by atoms with Crippen molar-refractivity contribution < 1.29 is 22.8 Å². The first-order chi connectivity index (χ1) is 6.86. The van der Waals surface area contributed by atoms with Crippen LogP contribution in [0.15, 0.2) is 18.2 Å². The van der Waals surface area contributed by atoms with Gasteiger partial charge in [-0.1, -0.05) is 6.07 Å². The Morgan fingerprint density at radius 1 is 1.40 bits per heavy atom. The van der Waals surface area contributed by atoms with Gasteiger partial charge >= 0.3 is 0 Å². The summed E-state index contributed by atoms with van der Waals surface area (Å²) in [6.07, 6.45) is 0. The zero-order valence-corrected chi connectivity index (χ0v) is 9.15. The smallest absolute Gasteiger partial charge is 0.296 e. The van der Waals surface area contributed by atoms with Crippen molar-refractivity contribution >= 4 is 10.1 Å². The molecule has 0 bridgehead atoms. The van der Waals surface area contributed by atoms with Crippen LogP contribution >= 0.6 is 0 Å². The minimum Gasteiger partial charge on any atom is -0.496 e. The second-order valence-corrected chi connectivity index (χ2v) is 4.57. The zero-order chi connectivity index (χ0) is 11.6. The van der Waals surface area contributed by atoms with Crippen LogP contribution in [0.2, 0.25) is 0 Å². The monoisotopic (exact) mass is 232 g/mol. The predicted molar refractivity (Wildman–Crippen MR) is 54.2 cm³/mol. The number of aryl methyl sites for hydroxylation is 1. The molecule has 0 aliphatic carbocycles. The molecule has 0 saturated heterocycles. The number of rotatable bonds is 3. The third-order valence-electron chi connectivity index (χ3n) is 1.99. The summed E-state index contributed by atoms with van der Waals surface area (Å²) >= 11 is 0. The Kier molecular flexibility index (Phi) is 3.33. The summed E-state index contributed by atoms with van der Waals surface area (Å²) in [5.74, 6) is 0.585. The van der Waals surface area contributed by atoms with Crippen molar-refractivity contribution in [1.82, 2.24) is 0 Å². The highest BCUT2D eigenvalue weighted by molar-refractivity contribution is 7.85. The Hall–Kier alpha value is -1.11. The summed E-state index contributed by atoms with van der Waals surface area (Å²) in [6, 6.07) is 4.35. The van der Waals surface area contributed by atoms with Gasteiger partial charge in [0.15, 0.2) is 0 Å². The lowest BCUT2D eigenvalue weighted by Crippen LogP contribution is -2.11. The topological polar surface area (TPSA) is 83.8 Å². The maximum Gasteiger partial charge on any atom is 0.296 e. The molecule has 1 unspecified atom stereocenters. The molecule has 0 radical (unpaired) electrons. The predicted octanol–water partition coefficient (Wildman–Crippen LogP) is 0.882. The molecule has 0 aliphatic heterocycles. The van der Waals surface area contributed by atoms with E-state index in [0.29, 0.717) is 11.3 Å². The summed E-state index contributed by atoms with van der Waals surface area (Å²) in [5.41, 5.74) is -1.13. The number of aliphatic hydroxyl groups is 1. The van der Waals surface area contributed by atoms with E-state index in [0.717, 1.165) is 0 Å². The molecular formula is C9H12O5S. The van der Waals surface area contributed by atoms with Crippen LogP contribution in [0.5, 0.6) is 5.75 Å². The van der Waals surface area contributed by atoms with Crippen LogP contribution in [-0.2, 0) is 10.1 Å². The van der Waals surface area contributed by atoms with Gasteiger partial charge < -0.3 is 9.84 Å². The van der Waals surface area contributed by atoms with Gasteiger partial charge in [0.2, 0.25) is 5.44 Å². The van der Waals surface area contributed by atoms with E-state index in [1.807, 2.05) is 0 Å². The second-order valence-electron chi connectivity index (χ2n) is 3.10. The molecule has 1 aromatic rings. The van der Waals surface area contributed by atoms with E-state index < -0.39 is 15.6 Å². The largest absolute Gasteiger partial charge is 0.496 e. The fraction of sp³-hybridized carbons (Fsp3) is 0.333. The zero-order valence-electron chi connectivity index (χ0n) is 8.34. The molecule has 84 valence electrons. The van der Waals surface area contributed by atoms with Crippen LogP contribution < -0.4 is 4.74 Å². The number of hydrogen-bond donors (Lipinski definition) is 2. The van der Waals surface area contributed by atoms with Crippen LogP contribution in [0.4, 0.5) is 0 Å². The minimum atomic E-state index is -4.48. The van der Waals surface area contributed by atoms with Gasteiger partial charge in [-0.25, -0.2) is 0 Å². The first-order valence-electron chi connectivity index (χ1n) is 4.15. The van der Waals surface area contributed by atoms with Crippen molar-refractivity contribution in [2.24, 2.45) is 0 Å². The van der Waals surface area contributed by atoms with Gasteiger partial charge in [0, 0.05) is 0 Å². The third-order valence-corrected chi connectivity index (χ3v) is 2.82. The molecule has 15 heavy (non-hydrogen) atoms. The van der Waals surface area contributed by atoms with Crippen molar-refractivity contribution in [2.45, 2.75) is 12.4 Å². The van der Waals surface area contributed by atoms with E-state index in [-0.39, 0.29) is 5.56 Å². The number of hydrogen-bond acceptors (Lipinski definition) is 4. The fourth-order valence-corrected chi connectivity index (χ4v) is 1.72. The lowest BCUT2D eigenvalue weighted by atomic mass is 10.1. The molecule has 2 N–H and O–H groups in total. The maximum absolute atomic E-state index is 10.7. The van der Waals surface area contributed by atoms with Crippen molar-refractivity contribution in [2.75, 3.05) is 7.11 Å². The number of methoxy groups -OCH3 is 1. The number of benzene rings is 1. The molecular weight excluding hydrogens is 220 g/mol. The summed E-state index contributed by atoms with van der Waals surface area (Å²) in [6.45, 7) is 1.71. The second kappa shape index (κ2) is 4.18. The van der Waals surface area contributed by atoms with Crippen molar-refractivity contribution in [3.63, 3.8) is 0 Å². The molecule has 0 saturated carbocycles. The molecule has 0 aromatic heterocycles. The summed E-state index contributed by atoms with van der Waals surface area (Å²) in [4.78, 5) is 0. The first-order valence-corrected chi connectivity index (χ1v) is 5.65. The van der Waals surface area contributed by atoms with Gasteiger partial charge in [-0.2, -0.15) is 8.42 Å². The number of aliphatic hydroxyl groups excluding tert-OH is 1. The third kappa shape index (κ3) is 2.68. The van der Waals surface area contributed by atoms with Crippen LogP contribution in [0, 0.1) is 6.92 Å². The lowest BCUT2D eigenvalue weighted by Gasteiger charge is -2.10. The van der Waals surface area contributed by atoms with E-state index in [1.54, 1.807) is 6.92 Å². The first kappa shape index (κ1) is 12.0. The minimum absolute atomic E-state index is 0.107. The van der Waals surface area contributed by atoms with Crippen LogP contribution in [0.1, 0.15) is 16.6 Å². The van der Waals surface area contributed by atoms with E-state index in [9.17, 15) is 13.5 Å². The van der Waals surface area contributed by atoms with Crippen molar-refractivity contribution in [1.29, 1.82) is 0 Å². The SMILES string of the molecule is COc1ccc(C(O)S(=O)(=O)O)cc1C. The Morgan fingerprint density at radius 2 is 2.00 bits per heavy atom. The Morgan fingerprint density at radius 3 is 2.40 bits per heavy atom. The highest BCUT2D eigenvalue weighted by Gasteiger charge is 2.22. The van der Waals surface area contributed by atoms with Gasteiger partial charge in [-0.05, 0) is 30.2 Å². The molecule has 0 aliphatic rings. The van der Waals surface area contributed by atoms with Gasteiger partial charge in [0.1, 0.15) is 5.75 Å². The molecule has 0 amide bonds. The highest BCUT2D eigenvalue weighted by Crippen LogP contribution is 2.24. The van der Waals surface area contributed by atoms with Crippen LogP contribution in [-0.4, -0.2) is 25.2 Å². The average molecular weight is 232 g/mol. The molecule has 0 spiro atoms. The van der Waals surface area contributed by atoms with E-state index in [4.69, 9.17) is 9.29 Å². The van der Waals surface area contributed by atoms with Crippen molar-refractivity contribution in [3.8, 4) is 5.75 Å². The lowest BCUT2D eigenvalue weighted by molar-refractivity contribution is 0.238. The summed E-state index contributed by atoms with van der Waals surface area (Å²) in [7, 11) is -2.99. The van der Waals surface area contributed by atoms with Gasteiger partial charge in [0.05, 0.1) is 7.11 Å². The quantitative estimate of drug-likeness (QED) is 0.756. The van der Waals surface area contributed by atoms with Crippen LogP contribution in [0.3, 0.4) is 0 Å². The molecule has 0 fully saturated rings. The van der Waals surface area contributed by atoms with E-state index in [2.05, 4.69) is 0 Å².